The molecule has 0 aliphatic heterocycles. The van der Waals surface area contributed by atoms with E-state index in [4.69, 9.17) is 10.00 Å². The van der Waals surface area contributed by atoms with Gasteiger partial charge in [-0.3, -0.25) is 20.4 Å². The van der Waals surface area contributed by atoms with Crippen molar-refractivity contribution in [2.45, 2.75) is 6.92 Å². The van der Waals surface area contributed by atoms with E-state index in [9.17, 15) is 14.0 Å². The first kappa shape index (κ1) is 23.2. The van der Waals surface area contributed by atoms with Crippen molar-refractivity contribution in [3.8, 4) is 28.8 Å². The number of benzene rings is 3. The van der Waals surface area contributed by atoms with Crippen molar-refractivity contribution in [3.05, 3.63) is 102 Å². The number of carbonyl (C=O) groups excluding carboxylic acids is 2. The second-order valence-corrected chi connectivity index (χ2v) is 7.61. The molecule has 4 rings (SSSR count). The number of rotatable bonds is 6. The summed E-state index contributed by atoms with van der Waals surface area (Å²) in [7, 11) is 0. The Morgan fingerprint density at radius 3 is 2.34 bits per heavy atom. The minimum atomic E-state index is -0.583. The predicted molar refractivity (Wildman–Crippen MR) is 126 cm³/mol. The Morgan fingerprint density at radius 2 is 1.69 bits per heavy atom. The molecule has 0 spiro atoms. The van der Waals surface area contributed by atoms with Gasteiger partial charge in [0.05, 0.1) is 22.9 Å². The van der Waals surface area contributed by atoms with Gasteiger partial charge in [0.2, 0.25) is 0 Å². The first-order chi connectivity index (χ1) is 16.9. The molecule has 8 nitrogen and oxygen atoms in total. The lowest BCUT2D eigenvalue weighted by atomic mass is 10.1. The SMILES string of the molecule is Cc1ccc(-c2nn(-c3ccc(F)cc3)cc2C(=O)NNC(=O)COc2ccc(C#N)cc2)cc1. The van der Waals surface area contributed by atoms with Crippen LogP contribution in [0.2, 0.25) is 0 Å². The van der Waals surface area contributed by atoms with Gasteiger partial charge in [0.15, 0.2) is 6.61 Å². The third-order valence-electron chi connectivity index (χ3n) is 5.04. The van der Waals surface area contributed by atoms with E-state index in [1.54, 1.807) is 36.4 Å². The Bertz CT molecular complexity index is 1390. The van der Waals surface area contributed by atoms with Gasteiger partial charge in [-0.25, -0.2) is 9.07 Å². The highest BCUT2D eigenvalue weighted by molar-refractivity contribution is 6.00. The van der Waals surface area contributed by atoms with E-state index in [0.29, 0.717) is 28.3 Å². The van der Waals surface area contributed by atoms with Crippen molar-refractivity contribution in [1.29, 1.82) is 5.26 Å². The van der Waals surface area contributed by atoms with Crippen LogP contribution in [0.15, 0.2) is 79.0 Å². The number of halogens is 1. The Kier molecular flexibility index (Phi) is 6.83. The molecule has 0 saturated carbocycles. The monoisotopic (exact) mass is 469 g/mol. The van der Waals surface area contributed by atoms with Crippen LogP contribution in [0.4, 0.5) is 4.39 Å². The molecule has 0 aliphatic carbocycles. The molecule has 0 fully saturated rings. The van der Waals surface area contributed by atoms with Crippen LogP contribution in [0.1, 0.15) is 21.5 Å². The van der Waals surface area contributed by atoms with Crippen molar-refractivity contribution >= 4 is 11.8 Å². The van der Waals surface area contributed by atoms with Gasteiger partial charge in [-0.15, -0.1) is 0 Å². The van der Waals surface area contributed by atoms with E-state index < -0.39 is 11.8 Å². The fraction of sp³-hybridized carbons (Fsp3) is 0.0769. The van der Waals surface area contributed by atoms with Crippen LogP contribution in [-0.2, 0) is 4.79 Å². The summed E-state index contributed by atoms with van der Waals surface area (Å²) in [6, 6.07) is 21.5. The summed E-state index contributed by atoms with van der Waals surface area (Å²) >= 11 is 0. The smallest absolute Gasteiger partial charge is 0.276 e. The highest BCUT2D eigenvalue weighted by Gasteiger charge is 2.19. The highest BCUT2D eigenvalue weighted by atomic mass is 19.1. The van der Waals surface area contributed by atoms with Gasteiger partial charge < -0.3 is 4.74 Å². The topological polar surface area (TPSA) is 109 Å². The van der Waals surface area contributed by atoms with Gasteiger partial charge in [-0.2, -0.15) is 10.4 Å². The highest BCUT2D eigenvalue weighted by Crippen LogP contribution is 2.24. The summed E-state index contributed by atoms with van der Waals surface area (Å²) in [4.78, 5) is 25.1. The Hall–Kier alpha value is -4.97. The summed E-state index contributed by atoms with van der Waals surface area (Å²) in [6.45, 7) is 1.61. The van der Waals surface area contributed by atoms with Gasteiger partial charge >= 0.3 is 0 Å². The molecule has 9 heteroatoms. The molecule has 2 amide bonds. The van der Waals surface area contributed by atoms with Crippen LogP contribution in [-0.4, -0.2) is 28.2 Å². The summed E-state index contributed by atoms with van der Waals surface area (Å²) in [5.41, 5.74) is 8.10. The number of hydrogen-bond donors (Lipinski definition) is 2. The van der Waals surface area contributed by atoms with Crippen LogP contribution < -0.4 is 15.6 Å². The van der Waals surface area contributed by atoms with E-state index in [-0.39, 0.29) is 18.0 Å². The van der Waals surface area contributed by atoms with Gasteiger partial charge in [0.1, 0.15) is 17.3 Å². The normalized spacial score (nSPS) is 10.3. The number of hydrogen-bond acceptors (Lipinski definition) is 5. The molecule has 0 bridgehead atoms. The minimum Gasteiger partial charge on any atom is -0.484 e. The van der Waals surface area contributed by atoms with E-state index in [2.05, 4.69) is 16.0 Å². The van der Waals surface area contributed by atoms with Crippen molar-refractivity contribution in [2.75, 3.05) is 6.61 Å². The third kappa shape index (κ3) is 5.69. The zero-order chi connectivity index (χ0) is 24.8. The van der Waals surface area contributed by atoms with Crippen LogP contribution in [0, 0.1) is 24.1 Å². The molecule has 0 atom stereocenters. The minimum absolute atomic E-state index is 0.214. The molecule has 35 heavy (non-hydrogen) atoms. The zero-order valence-corrected chi connectivity index (χ0v) is 18.7. The van der Waals surface area contributed by atoms with E-state index in [0.717, 1.165) is 5.56 Å². The largest absolute Gasteiger partial charge is 0.484 e. The average Bonchev–Trinajstić information content (AvgIpc) is 3.33. The van der Waals surface area contributed by atoms with Crippen molar-refractivity contribution < 1.29 is 18.7 Å². The van der Waals surface area contributed by atoms with Crippen LogP contribution in [0.3, 0.4) is 0 Å². The first-order valence-electron chi connectivity index (χ1n) is 10.6. The van der Waals surface area contributed by atoms with Crippen molar-refractivity contribution in [1.82, 2.24) is 20.6 Å². The molecule has 1 aromatic heterocycles. The molecule has 4 aromatic rings. The zero-order valence-electron chi connectivity index (χ0n) is 18.7. The van der Waals surface area contributed by atoms with Crippen LogP contribution >= 0.6 is 0 Å². The van der Waals surface area contributed by atoms with Crippen molar-refractivity contribution in [2.24, 2.45) is 0 Å². The molecule has 0 saturated heterocycles. The van der Waals surface area contributed by atoms with Crippen LogP contribution in [0.25, 0.3) is 16.9 Å². The van der Waals surface area contributed by atoms with E-state index in [1.165, 1.54) is 23.0 Å². The molecule has 2 N–H and O–H groups in total. The summed E-state index contributed by atoms with van der Waals surface area (Å²) < 4.78 is 20.2. The molecule has 1 heterocycles. The number of nitrogens with zero attached hydrogens (tertiary/aromatic N) is 3. The maximum atomic E-state index is 13.3. The fourth-order valence-electron chi connectivity index (χ4n) is 3.20. The quantitative estimate of drug-likeness (QED) is 0.419. The Balaban J connectivity index is 1.48. The van der Waals surface area contributed by atoms with E-state index in [1.807, 2.05) is 37.3 Å². The molecule has 3 aromatic carbocycles. The summed E-state index contributed by atoms with van der Waals surface area (Å²) in [6.07, 6.45) is 1.51. The maximum Gasteiger partial charge on any atom is 0.276 e. The van der Waals surface area contributed by atoms with Gasteiger partial charge in [-0.1, -0.05) is 29.8 Å². The van der Waals surface area contributed by atoms with Gasteiger partial charge in [0.25, 0.3) is 11.8 Å². The summed E-state index contributed by atoms with van der Waals surface area (Å²) in [5, 5.41) is 13.3. The fourth-order valence-corrected chi connectivity index (χ4v) is 3.20. The molecule has 0 radical (unpaired) electrons. The number of aromatic nitrogens is 2. The number of nitrogens with one attached hydrogen (secondary N) is 2. The predicted octanol–water partition coefficient (Wildman–Crippen LogP) is 3.70. The number of hydrazine groups is 1. The lowest BCUT2D eigenvalue weighted by Gasteiger charge is -2.09. The Labute approximate surface area is 200 Å². The summed E-state index contributed by atoms with van der Waals surface area (Å²) in [5.74, 6) is -1.14. The number of ether oxygens (including phenoxy) is 1. The molecular weight excluding hydrogens is 449 g/mol. The van der Waals surface area contributed by atoms with Crippen LogP contribution in [0.5, 0.6) is 5.75 Å². The molecule has 0 unspecified atom stereocenters. The number of carbonyl (C=O) groups is 2. The number of aryl methyl sites for hydroxylation is 1. The molecule has 0 aliphatic rings. The van der Waals surface area contributed by atoms with E-state index >= 15 is 0 Å². The lowest BCUT2D eigenvalue weighted by molar-refractivity contribution is -0.123. The average molecular weight is 469 g/mol. The first-order valence-corrected chi connectivity index (χ1v) is 10.6. The molecule has 174 valence electrons. The standard InChI is InChI=1S/C26H20FN5O3/c1-17-2-6-19(7-3-17)25-23(15-32(31-25)21-10-8-20(27)9-11-21)26(34)30-29-24(33)16-35-22-12-4-18(14-28)5-13-22/h2-13,15H,16H2,1H3,(H,29,33)(H,30,34). The van der Waals surface area contributed by atoms with Gasteiger partial charge in [0, 0.05) is 11.8 Å². The number of amides is 2. The maximum absolute atomic E-state index is 13.3. The third-order valence-corrected chi connectivity index (χ3v) is 5.04. The Morgan fingerprint density at radius 1 is 1.00 bits per heavy atom. The lowest BCUT2D eigenvalue weighted by Crippen LogP contribution is -2.43. The number of nitriles is 1. The van der Waals surface area contributed by atoms with Gasteiger partial charge in [-0.05, 0) is 55.5 Å². The molecular formula is C26H20FN5O3. The van der Waals surface area contributed by atoms with Crippen molar-refractivity contribution in [3.63, 3.8) is 0 Å². The second-order valence-electron chi connectivity index (χ2n) is 7.61. The second kappa shape index (κ2) is 10.3.